The molecule has 1 aromatic carbocycles. The number of methoxy groups -OCH3 is 2. The summed E-state index contributed by atoms with van der Waals surface area (Å²) >= 11 is 0. The SMILES string of the molecule is COc1cc2c(cc1OC)CC(=O)N(CCCN(C)CCc1cnc3ccccn13)CC2.Cl. The normalized spacial score (nSPS) is 13.6. The Bertz CT molecular complexity index is 1080. The van der Waals surface area contributed by atoms with Crippen molar-refractivity contribution in [2.45, 2.75) is 25.7 Å². The highest BCUT2D eigenvalue weighted by Gasteiger charge is 2.22. The maximum Gasteiger partial charge on any atom is 0.227 e. The summed E-state index contributed by atoms with van der Waals surface area (Å²) in [5.41, 5.74) is 4.42. The van der Waals surface area contributed by atoms with E-state index in [0.29, 0.717) is 12.2 Å². The summed E-state index contributed by atoms with van der Waals surface area (Å²) in [7, 11) is 5.41. The maximum atomic E-state index is 12.8. The second-order valence-corrected chi connectivity index (χ2v) is 8.37. The summed E-state index contributed by atoms with van der Waals surface area (Å²) in [6.07, 6.45) is 7.18. The molecule has 3 heterocycles. The number of hydrogen-bond donors (Lipinski definition) is 0. The highest BCUT2D eigenvalue weighted by Crippen LogP contribution is 2.32. The number of benzene rings is 1. The van der Waals surface area contributed by atoms with E-state index in [4.69, 9.17) is 9.47 Å². The Hall–Kier alpha value is -2.77. The van der Waals surface area contributed by atoms with E-state index >= 15 is 0 Å². The van der Waals surface area contributed by atoms with Gasteiger partial charge in [-0.2, -0.15) is 0 Å². The van der Waals surface area contributed by atoms with Crippen molar-refractivity contribution in [1.82, 2.24) is 19.2 Å². The van der Waals surface area contributed by atoms with Gasteiger partial charge in [0.1, 0.15) is 5.65 Å². The first-order valence-electron chi connectivity index (χ1n) is 11.2. The summed E-state index contributed by atoms with van der Waals surface area (Å²) < 4.78 is 13.0. The van der Waals surface area contributed by atoms with E-state index in [9.17, 15) is 4.79 Å². The van der Waals surface area contributed by atoms with Crippen molar-refractivity contribution < 1.29 is 14.3 Å². The number of carbonyl (C=O) groups excluding carboxylic acids is 1. The van der Waals surface area contributed by atoms with Crippen LogP contribution in [0.5, 0.6) is 11.5 Å². The Balaban J connectivity index is 0.00000306. The molecule has 1 aliphatic heterocycles. The molecule has 8 heteroatoms. The van der Waals surface area contributed by atoms with Gasteiger partial charge in [0.2, 0.25) is 5.91 Å². The van der Waals surface area contributed by atoms with Gasteiger partial charge in [-0.3, -0.25) is 4.79 Å². The predicted octanol–water partition coefficient (Wildman–Crippen LogP) is 3.27. The summed E-state index contributed by atoms with van der Waals surface area (Å²) in [4.78, 5) is 21.6. The molecular formula is C25H33ClN4O3. The van der Waals surface area contributed by atoms with Crippen molar-refractivity contribution in [3.05, 3.63) is 59.5 Å². The number of pyridine rings is 1. The van der Waals surface area contributed by atoms with Crippen LogP contribution in [0, 0.1) is 0 Å². The molecule has 0 saturated heterocycles. The highest BCUT2D eigenvalue weighted by atomic mass is 35.5. The zero-order chi connectivity index (χ0) is 22.5. The number of amides is 1. The molecule has 0 spiro atoms. The number of ether oxygens (including phenoxy) is 2. The van der Waals surface area contributed by atoms with Gasteiger partial charge in [-0.25, -0.2) is 4.98 Å². The summed E-state index contributed by atoms with van der Waals surface area (Å²) in [6.45, 7) is 3.44. The molecule has 2 aromatic heterocycles. The van der Waals surface area contributed by atoms with Crippen LogP contribution in [-0.2, 0) is 24.1 Å². The average molecular weight is 473 g/mol. The lowest BCUT2D eigenvalue weighted by molar-refractivity contribution is -0.130. The second kappa shape index (κ2) is 11.4. The van der Waals surface area contributed by atoms with E-state index in [1.165, 1.54) is 11.3 Å². The van der Waals surface area contributed by atoms with Crippen molar-refractivity contribution in [3.63, 3.8) is 0 Å². The minimum Gasteiger partial charge on any atom is -0.493 e. The third-order valence-electron chi connectivity index (χ3n) is 6.26. The molecule has 1 aliphatic rings. The molecule has 0 saturated carbocycles. The Morgan fingerprint density at radius 3 is 2.61 bits per heavy atom. The Labute approximate surface area is 201 Å². The van der Waals surface area contributed by atoms with Gasteiger partial charge < -0.3 is 23.7 Å². The molecule has 7 nitrogen and oxygen atoms in total. The Kier molecular flexibility index (Phi) is 8.58. The van der Waals surface area contributed by atoms with Crippen LogP contribution in [-0.4, -0.2) is 72.5 Å². The van der Waals surface area contributed by atoms with Gasteiger partial charge in [-0.15, -0.1) is 12.4 Å². The van der Waals surface area contributed by atoms with E-state index in [1.54, 1.807) is 14.2 Å². The second-order valence-electron chi connectivity index (χ2n) is 8.37. The lowest BCUT2D eigenvalue weighted by Gasteiger charge is -2.22. The summed E-state index contributed by atoms with van der Waals surface area (Å²) in [5.74, 6) is 1.59. The highest BCUT2D eigenvalue weighted by molar-refractivity contribution is 5.85. The smallest absolute Gasteiger partial charge is 0.227 e. The zero-order valence-electron chi connectivity index (χ0n) is 19.6. The third kappa shape index (κ3) is 5.78. The van der Waals surface area contributed by atoms with E-state index < -0.39 is 0 Å². The topological polar surface area (TPSA) is 59.3 Å². The van der Waals surface area contributed by atoms with Crippen LogP contribution in [0.4, 0.5) is 0 Å². The van der Waals surface area contributed by atoms with Crippen molar-refractivity contribution >= 4 is 24.0 Å². The Morgan fingerprint density at radius 1 is 1.09 bits per heavy atom. The number of halogens is 1. The molecule has 3 aromatic rings. The average Bonchev–Trinajstić information content (AvgIpc) is 3.16. The van der Waals surface area contributed by atoms with Crippen LogP contribution < -0.4 is 9.47 Å². The van der Waals surface area contributed by atoms with Gasteiger partial charge in [0, 0.05) is 44.1 Å². The molecular weight excluding hydrogens is 440 g/mol. The van der Waals surface area contributed by atoms with Gasteiger partial charge in [0.05, 0.1) is 20.6 Å². The molecule has 178 valence electrons. The number of carbonyl (C=O) groups is 1. The molecule has 1 amide bonds. The number of aromatic nitrogens is 2. The van der Waals surface area contributed by atoms with Crippen LogP contribution in [0.2, 0.25) is 0 Å². The van der Waals surface area contributed by atoms with Gasteiger partial charge in [0.25, 0.3) is 0 Å². The lowest BCUT2D eigenvalue weighted by atomic mass is 10.0. The molecule has 0 unspecified atom stereocenters. The monoisotopic (exact) mass is 472 g/mol. The minimum atomic E-state index is 0. The molecule has 0 radical (unpaired) electrons. The molecule has 0 atom stereocenters. The van der Waals surface area contributed by atoms with Crippen molar-refractivity contribution in [2.75, 3.05) is 47.4 Å². The summed E-state index contributed by atoms with van der Waals surface area (Å²) in [6, 6.07) is 10.0. The lowest BCUT2D eigenvalue weighted by Crippen LogP contribution is -2.35. The summed E-state index contributed by atoms with van der Waals surface area (Å²) in [5, 5.41) is 0. The number of likely N-dealkylation sites (N-methyl/N-ethyl adjacent to an activating group) is 1. The van der Waals surface area contributed by atoms with Crippen LogP contribution in [0.3, 0.4) is 0 Å². The van der Waals surface area contributed by atoms with Crippen molar-refractivity contribution in [2.24, 2.45) is 0 Å². The zero-order valence-corrected chi connectivity index (χ0v) is 20.4. The van der Waals surface area contributed by atoms with E-state index in [-0.39, 0.29) is 18.3 Å². The molecule has 0 aliphatic carbocycles. The Morgan fingerprint density at radius 2 is 1.85 bits per heavy atom. The van der Waals surface area contributed by atoms with Crippen LogP contribution >= 0.6 is 12.4 Å². The third-order valence-corrected chi connectivity index (χ3v) is 6.26. The largest absolute Gasteiger partial charge is 0.493 e. The van der Waals surface area contributed by atoms with Gasteiger partial charge in [-0.05, 0) is 61.8 Å². The first kappa shape index (κ1) is 24.9. The minimum absolute atomic E-state index is 0. The number of nitrogens with zero attached hydrogens (tertiary/aromatic N) is 4. The van der Waals surface area contributed by atoms with E-state index in [0.717, 1.165) is 62.4 Å². The fourth-order valence-electron chi connectivity index (χ4n) is 4.37. The molecule has 0 N–H and O–H groups in total. The molecule has 33 heavy (non-hydrogen) atoms. The quantitative estimate of drug-likeness (QED) is 0.478. The van der Waals surface area contributed by atoms with Gasteiger partial charge >= 0.3 is 0 Å². The van der Waals surface area contributed by atoms with Crippen LogP contribution in [0.25, 0.3) is 5.65 Å². The fraction of sp³-hybridized carbons (Fsp3) is 0.440. The van der Waals surface area contributed by atoms with Crippen LogP contribution in [0.1, 0.15) is 23.2 Å². The van der Waals surface area contributed by atoms with E-state index in [2.05, 4.69) is 27.5 Å². The van der Waals surface area contributed by atoms with Crippen molar-refractivity contribution in [1.29, 1.82) is 0 Å². The maximum absolute atomic E-state index is 12.8. The molecule has 0 fully saturated rings. The van der Waals surface area contributed by atoms with Gasteiger partial charge in [0.15, 0.2) is 11.5 Å². The number of imidazole rings is 1. The molecule has 4 rings (SSSR count). The van der Waals surface area contributed by atoms with Gasteiger partial charge in [-0.1, -0.05) is 6.07 Å². The number of hydrogen-bond acceptors (Lipinski definition) is 5. The first-order valence-corrected chi connectivity index (χ1v) is 11.2. The van der Waals surface area contributed by atoms with Crippen LogP contribution in [0.15, 0.2) is 42.7 Å². The number of rotatable bonds is 9. The number of fused-ring (bicyclic) bond motifs is 2. The first-order chi connectivity index (χ1) is 15.6. The predicted molar refractivity (Wildman–Crippen MR) is 132 cm³/mol. The fourth-order valence-corrected chi connectivity index (χ4v) is 4.37. The van der Waals surface area contributed by atoms with Crippen molar-refractivity contribution in [3.8, 4) is 11.5 Å². The standard InChI is InChI=1S/C25H32N4O3.ClH/c1-27(13-9-21-18-26-24-7-4-5-12-29(21)24)10-6-11-28-14-8-19-15-22(31-2)23(32-3)16-20(19)17-25(28)30;/h4-5,7,12,15-16,18H,6,8-11,13-14,17H2,1-3H3;1H. The molecule has 0 bridgehead atoms. The van der Waals surface area contributed by atoms with E-state index in [1.807, 2.05) is 41.4 Å².